The van der Waals surface area contributed by atoms with Crippen molar-refractivity contribution in [3.8, 4) is 0 Å². The minimum absolute atomic E-state index is 1.22. The van der Waals surface area contributed by atoms with Crippen LogP contribution in [-0.2, 0) is 0 Å². The monoisotopic (exact) mass is 196 g/mol. The number of benzene rings is 1. The maximum Gasteiger partial charge on any atom is 0.173 e. The van der Waals surface area contributed by atoms with Crippen LogP contribution in [0.3, 0.4) is 0 Å². The Morgan fingerprint density at radius 1 is 1.17 bits per heavy atom. The molecule has 0 aliphatic rings. The lowest BCUT2D eigenvalue weighted by atomic mass is 10.2. The predicted molar refractivity (Wildman–Crippen MR) is 58.8 cm³/mol. The molecule has 1 aromatic rings. The van der Waals surface area contributed by atoms with Gasteiger partial charge in [0.15, 0.2) is 7.38 Å². The van der Waals surface area contributed by atoms with Crippen LogP contribution in [0.1, 0.15) is 5.56 Å². The molecule has 0 aromatic heterocycles. The molecule has 0 aliphatic heterocycles. The van der Waals surface area contributed by atoms with Gasteiger partial charge in [0, 0.05) is 0 Å². The Balaban J connectivity index is 2.71. The highest BCUT2D eigenvalue weighted by Gasteiger charge is 2.10. The Morgan fingerprint density at radius 2 is 1.75 bits per heavy atom. The lowest BCUT2D eigenvalue weighted by molar-refractivity contribution is 1.66. The number of rotatable bonds is 2. The van der Waals surface area contributed by atoms with Crippen LogP contribution < -0.4 is 0 Å². The van der Waals surface area contributed by atoms with E-state index in [0.717, 1.165) is 0 Å². The summed E-state index contributed by atoms with van der Waals surface area (Å²) in [6, 6.07) is 10.2. The van der Waals surface area contributed by atoms with E-state index in [1.54, 1.807) is 0 Å². The van der Waals surface area contributed by atoms with E-state index < -0.39 is 7.38 Å². The summed E-state index contributed by atoms with van der Waals surface area (Å²) in [7, 11) is -1.55. The molecule has 1 aromatic carbocycles. The zero-order valence-electron chi connectivity index (χ0n) is 7.42. The van der Waals surface area contributed by atoms with E-state index in [0.29, 0.717) is 0 Å². The van der Waals surface area contributed by atoms with Gasteiger partial charge in [0.1, 0.15) is 0 Å². The minimum atomic E-state index is -1.55. The SMILES string of the molecule is C[Si](C)(Cl)/C=C/c1ccccc1. The molecule has 0 unspecified atom stereocenters. The van der Waals surface area contributed by atoms with E-state index in [4.69, 9.17) is 11.1 Å². The first kappa shape index (κ1) is 9.55. The van der Waals surface area contributed by atoms with E-state index in [2.05, 4.69) is 37.0 Å². The van der Waals surface area contributed by atoms with Gasteiger partial charge in [-0.15, -0.1) is 0 Å². The van der Waals surface area contributed by atoms with Gasteiger partial charge in [0.25, 0.3) is 0 Å². The fourth-order valence-electron chi connectivity index (χ4n) is 0.859. The van der Waals surface area contributed by atoms with E-state index in [1.165, 1.54) is 5.56 Å². The molecule has 0 fully saturated rings. The normalized spacial score (nSPS) is 12.2. The van der Waals surface area contributed by atoms with Crippen LogP contribution in [0.4, 0.5) is 0 Å². The fraction of sp³-hybridized carbons (Fsp3) is 0.200. The average molecular weight is 197 g/mol. The van der Waals surface area contributed by atoms with E-state index in [1.807, 2.05) is 18.2 Å². The van der Waals surface area contributed by atoms with Gasteiger partial charge < -0.3 is 0 Å². The summed E-state index contributed by atoms with van der Waals surface area (Å²) in [5.74, 6) is 0. The van der Waals surface area contributed by atoms with Crippen molar-refractivity contribution in [2.24, 2.45) is 0 Å². The first-order valence-corrected chi connectivity index (χ1v) is 8.10. The first-order chi connectivity index (χ1) is 5.58. The third kappa shape index (κ3) is 3.74. The number of hydrogen-bond acceptors (Lipinski definition) is 0. The average Bonchev–Trinajstić information content (AvgIpc) is 2.02. The molecule has 0 bridgehead atoms. The first-order valence-electron chi connectivity index (χ1n) is 4.01. The molecule has 0 saturated heterocycles. The molecule has 2 heteroatoms. The largest absolute Gasteiger partial charge is 0.173 e. The molecule has 0 nitrogen and oxygen atoms in total. The second-order valence-electron chi connectivity index (χ2n) is 3.31. The van der Waals surface area contributed by atoms with E-state index in [9.17, 15) is 0 Å². The summed E-state index contributed by atoms with van der Waals surface area (Å²) < 4.78 is 0. The Hall–Kier alpha value is -0.533. The standard InChI is InChI=1S/C10H13ClSi/c1-12(2,11)9-8-10-6-4-3-5-7-10/h3-9H,1-2H3/b9-8+. The third-order valence-corrected chi connectivity index (χ3v) is 2.81. The van der Waals surface area contributed by atoms with Gasteiger partial charge in [-0.25, -0.2) is 0 Å². The molecule has 64 valence electrons. The van der Waals surface area contributed by atoms with Crippen molar-refractivity contribution in [2.45, 2.75) is 13.1 Å². The molecular weight excluding hydrogens is 184 g/mol. The minimum Gasteiger partial charge on any atom is -0.162 e. The molecule has 0 amide bonds. The maximum absolute atomic E-state index is 6.14. The summed E-state index contributed by atoms with van der Waals surface area (Å²) in [4.78, 5) is 0. The second kappa shape index (κ2) is 3.92. The quantitative estimate of drug-likeness (QED) is 0.500. The van der Waals surface area contributed by atoms with Gasteiger partial charge in [-0.2, -0.15) is 11.1 Å². The highest BCUT2D eigenvalue weighted by molar-refractivity contribution is 7.22. The molecular formula is C10H13ClSi. The molecule has 0 atom stereocenters. The highest BCUT2D eigenvalue weighted by Crippen LogP contribution is 2.11. The number of hydrogen-bond donors (Lipinski definition) is 0. The predicted octanol–water partition coefficient (Wildman–Crippen LogP) is 3.68. The fourth-order valence-corrected chi connectivity index (χ4v) is 1.64. The molecule has 1 rings (SSSR count). The lowest BCUT2D eigenvalue weighted by Crippen LogP contribution is -2.11. The van der Waals surface area contributed by atoms with Gasteiger partial charge >= 0.3 is 0 Å². The Morgan fingerprint density at radius 3 is 2.25 bits per heavy atom. The Kier molecular flexibility index (Phi) is 3.12. The Bertz CT molecular complexity index is 259. The molecule has 0 spiro atoms. The smallest absolute Gasteiger partial charge is 0.162 e. The van der Waals surface area contributed by atoms with E-state index >= 15 is 0 Å². The molecule has 0 heterocycles. The maximum atomic E-state index is 6.14. The zero-order valence-corrected chi connectivity index (χ0v) is 9.18. The Labute approximate surface area is 79.6 Å². The van der Waals surface area contributed by atoms with Crippen LogP contribution in [0, 0.1) is 0 Å². The van der Waals surface area contributed by atoms with Crippen molar-refractivity contribution in [1.29, 1.82) is 0 Å². The van der Waals surface area contributed by atoms with Gasteiger partial charge in [-0.3, -0.25) is 0 Å². The van der Waals surface area contributed by atoms with Crippen LogP contribution in [0.2, 0.25) is 13.1 Å². The molecule has 0 N–H and O–H groups in total. The second-order valence-corrected chi connectivity index (χ2v) is 9.69. The van der Waals surface area contributed by atoms with Crippen LogP contribution in [-0.4, -0.2) is 7.38 Å². The van der Waals surface area contributed by atoms with Crippen molar-refractivity contribution >= 4 is 24.5 Å². The summed E-state index contributed by atoms with van der Waals surface area (Å²) in [5, 5.41) is 0. The summed E-state index contributed by atoms with van der Waals surface area (Å²) in [6.45, 7) is 4.21. The van der Waals surface area contributed by atoms with Crippen LogP contribution in [0.15, 0.2) is 36.0 Å². The van der Waals surface area contributed by atoms with Crippen LogP contribution >= 0.6 is 11.1 Å². The van der Waals surface area contributed by atoms with Gasteiger partial charge in [-0.1, -0.05) is 55.2 Å². The summed E-state index contributed by atoms with van der Waals surface area (Å²) >= 11 is 6.14. The lowest BCUT2D eigenvalue weighted by Gasteiger charge is -2.04. The molecule has 0 aliphatic carbocycles. The summed E-state index contributed by atoms with van der Waals surface area (Å²) in [5.41, 5.74) is 3.35. The zero-order chi connectivity index (χ0) is 9.03. The van der Waals surface area contributed by atoms with Crippen molar-refractivity contribution < 1.29 is 0 Å². The molecule has 0 saturated carbocycles. The number of halogens is 1. The van der Waals surface area contributed by atoms with Crippen LogP contribution in [0.5, 0.6) is 0 Å². The van der Waals surface area contributed by atoms with Crippen LogP contribution in [0.25, 0.3) is 6.08 Å². The topological polar surface area (TPSA) is 0 Å². The van der Waals surface area contributed by atoms with Gasteiger partial charge in [-0.05, 0) is 5.56 Å². The highest BCUT2D eigenvalue weighted by atomic mass is 35.6. The van der Waals surface area contributed by atoms with Crippen molar-refractivity contribution in [1.82, 2.24) is 0 Å². The third-order valence-electron chi connectivity index (χ3n) is 1.47. The molecule has 12 heavy (non-hydrogen) atoms. The van der Waals surface area contributed by atoms with E-state index in [-0.39, 0.29) is 0 Å². The molecule has 0 radical (unpaired) electrons. The summed E-state index contributed by atoms with van der Waals surface area (Å²) in [6.07, 6.45) is 2.10. The van der Waals surface area contributed by atoms with Gasteiger partial charge in [0.2, 0.25) is 0 Å². The van der Waals surface area contributed by atoms with Gasteiger partial charge in [0.05, 0.1) is 0 Å². The van der Waals surface area contributed by atoms with Crippen molar-refractivity contribution in [3.63, 3.8) is 0 Å². The van der Waals surface area contributed by atoms with Crippen molar-refractivity contribution in [2.75, 3.05) is 0 Å². The van der Waals surface area contributed by atoms with Crippen molar-refractivity contribution in [3.05, 3.63) is 41.6 Å².